The molecule has 2 saturated heterocycles. The van der Waals surface area contributed by atoms with E-state index in [1.165, 1.54) is 16.1 Å². The van der Waals surface area contributed by atoms with Gasteiger partial charge in [-0.2, -0.15) is 4.31 Å². The predicted molar refractivity (Wildman–Crippen MR) is 93.0 cm³/mol. The van der Waals surface area contributed by atoms with Crippen LogP contribution in [0.3, 0.4) is 0 Å². The largest absolute Gasteiger partial charge is 0.339 e. The van der Waals surface area contributed by atoms with Gasteiger partial charge in [-0.05, 0) is 24.9 Å². The maximum absolute atomic E-state index is 12.6. The van der Waals surface area contributed by atoms with Gasteiger partial charge in [0.1, 0.15) is 0 Å². The van der Waals surface area contributed by atoms with Crippen LogP contribution in [0, 0.1) is 0 Å². The van der Waals surface area contributed by atoms with E-state index in [2.05, 4.69) is 17.0 Å². The van der Waals surface area contributed by atoms with Crippen molar-refractivity contribution in [2.45, 2.75) is 18.9 Å². The summed E-state index contributed by atoms with van der Waals surface area (Å²) in [5.74, 6) is 0.103. The Morgan fingerprint density at radius 2 is 1.75 bits per heavy atom. The van der Waals surface area contributed by atoms with E-state index in [1.54, 1.807) is 4.90 Å². The summed E-state index contributed by atoms with van der Waals surface area (Å²) in [4.78, 5) is 16.6. The molecule has 0 spiro atoms. The van der Waals surface area contributed by atoms with Crippen molar-refractivity contribution < 1.29 is 13.2 Å². The van der Waals surface area contributed by atoms with E-state index in [0.717, 1.165) is 19.4 Å². The molecule has 2 fully saturated rings. The summed E-state index contributed by atoms with van der Waals surface area (Å²) >= 11 is 0. The van der Waals surface area contributed by atoms with Crippen molar-refractivity contribution in [2.24, 2.45) is 0 Å². The number of sulfonamides is 1. The fraction of sp³-hybridized carbons (Fsp3) is 0.588. The quantitative estimate of drug-likeness (QED) is 0.810. The topological polar surface area (TPSA) is 60.9 Å². The standard InChI is InChI=1S/C17H25N3O3S/c1-24(22,23)20-12-10-18(11-13-20)17(21)14-19-9-5-8-16(19)15-6-3-2-4-7-15/h2-4,6-7,16H,5,8-14H2,1H3. The molecule has 2 heterocycles. The van der Waals surface area contributed by atoms with E-state index in [-0.39, 0.29) is 5.91 Å². The van der Waals surface area contributed by atoms with Gasteiger partial charge in [0.2, 0.25) is 15.9 Å². The van der Waals surface area contributed by atoms with Crippen LogP contribution in [-0.2, 0) is 14.8 Å². The first kappa shape index (κ1) is 17.4. The minimum Gasteiger partial charge on any atom is -0.339 e. The maximum atomic E-state index is 12.6. The smallest absolute Gasteiger partial charge is 0.236 e. The Bertz CT molecular complexity index is 670. The van der Waals surface area contributed by atoms with Crippen LogP contribution in [0.5, 0.6) is 0 Å². The molecule has 3 rings (SSSR count). The Labute approximate surface area is 144 Å². The van der Waals surface area contributed by atoms with E-state index in [1.807, 2.05) is 18.2 Å². The molecule has 1 atom stereocenters. The minimum atomic E-state index is -3.16. The predicted octanol–water partition coefficient (Wildman–Crippen LogP) is 0.927. The first-order valence-electron chi connectivity index (χ1n) is 8.47. The minimum absolute atomic E-state index is 0.103. The molecule has 132 valence electrons. The highest BCUT2D eigenvalue weighted by molar-refractivity contribution is 7.88. The van der Waals surface area contributed by atoms with Gasteiger partial charge < -0.3 is 4.90 Å². The number of hydrogen-bond acceptors (Lipinski definition) is 4. The lowest BCUT2D eigenvalue weighted by Crippen LogP contribution is -2.52. The molecule has 6 nitrogen and oxygen atoms in total. The summed E-state index contributed by atoms with van der Waals surface area (Å²) in [6.45, 7) is 3.11. The third-order valence-electron chi connectivity index (χ3n) is 4.95. The first-order valence-corrected chi connectivity index (χ1v) is 10.3. The Hall–Kier alpha value is -1.44. The molecule has 7 heteroatoms. The van der Waals surface area contributed by atoms with Gasteiger partial charge in [-0.25, -0.2) is 8.42 Å². The maximum Gasteiger partial charge on any atom is 0.236 e. The fourth-order valence-electron chi connectivity index (χ4n) is 3.61. The van der Waals surface area contributed by atoms with Crippen LogP contribution >= 0.6 is 0 Å². The molecule has 1 amide bonds. The zero-order valence-electron chi connectivity index (χ0n) is 14.1. The number of nitrogens with zero attached hydrogens (tertiary/aromatic N) is 3. The Balaban J connectivity index is 1.57. The molecule has 0 bridgehead atoms. The number of benzene rings is 1. The number of carbonyl (C=O) groups is 1. The second kappa shape index (κ2) is 7.21. The van der Waals surface area contributed by atoms with Gasteiger partial charge in [0, 0.05) is 32.2 Å². The van der Waals surface area contributed by atoms with E-state index >= 15 is 0 Å². The van der Waals surface area contributed by atoms with Crippen molar-refractivity contribution in [1.29, 1.82) is 0 Å². The SMILES string of the molecule is CS(=O)(=O)N1CCN(C(=O)CN2CCCC2c2ccccc2)CC1. The molecule has 0 saturated carbocycles. The van der Waals surface area contributed by atoms with Crippen molar-refractivity contribution in [3.8, 4) is 0 Å². The van der Waals surface area contributed by atoms with E-state index in [0.29, 0.717) is 38.8 Å². The molecule has 0 N–H and O–H groups in total. The number of hydrogen-bond donors (Lipinski definition) is 0. The number of amides is 1. The van der Waals surface area contributed by atoms with Crippen molar-refractivity contribution in [3.63, 3.8) is 0 Å². The zero-order valence-corrected chi connectivity index (χ0v) is 14.9. The van der Waals surface area contributed by atoms with Gasteiger partial charge in [0.05, 0.1) is 12.8 Å². The molecule has 2 aliphatic heterocycles. The highest BCUT2D eigenvalue weighted by atomic mass is 32.2. The molecular formula is C17H25N3O3S. The Morgan fingerprint density at radius 1 is 1.08 bits per heavy atom. The lowest BCUT2D eigenvalue weighted by Gasteiger charge is -2.35. The lowest BCUT2D eigenvalue weighted by atomic mass is 10.0. The molecule has 1 unspecified atom stereocenters. The first-order chi connectivity index (χ1) is 11.4. The van der Waals surface area contributed by atoms with Crippen LogP contribution in [0.1, 0.15) is 24.4 Å². The highest BCUT2D eigenvalue weighted by Gasteiger charge is 2.31. The number of piperazine rings is 1. The third kappa shape index (κ3) is 3.96. The molecule has 0 aliphatic carbocycles. The lowest BCUT2D eigenvalue weighted by molar-refractivity contribution is -0.133. The Kier molecular flexibility index (Phi) is 5.22. The summed E-state index contributed by atoms with van der Waals surface area (Å²) in [6.07, 6.45) is 3.41. The Morgan fingerprint density at radius 3 is 2.38 bits per heavy atom. The molecule has 1 aromatic rings. The van der Waals surface area contributed by atoms with E-state index < -0.39 is 10.0 Å². The monoisotopic (exact) mass is 351 g/mol. The molecule has 0 radical (unpaired) electrons. The van der Waals surface area contributed by atoms with Gasteiger partial charge in [-0.15, -0.1) is 0 Å². The average molecular weight is 351 g/mol. The van der Waals surface area contributed by atoms with E-state index in [4.69, 9.17) is 0 Å². The number of rotatable bonds is 4. The summed E-state index contributed by atoms with van der Waals surface area (Å²) < 4.78 is 24.6. The number of likely N-dealkylation sites (tertiary alicyclic amines) is 1. The molecule has 24 heavy (non-hydrogen) atoms. The van der Waals surface area contributed by atoms with Crippen molar-refractivity contribution in [1.82, 2.24) is 14.1 Å². The summed E-state index contributed by atoms with van der Waals surface area (Å²) in [5.41, 5.74) is 1.27. The summed E-state index contributed by atoms with van der Waals surface area (Å²) in [5, 5.41) is 0. The summed E-state index contributed by atoms with van der Waals surface area (Å²) in [6, 6.07) is 10.6. The van der Waals surface area contributed by atoms with Crippen molar-refractivity contribution in [3.05, 3.63) is 35.9 Å². The second-order valence-electron chi connectivity index (χ2n) is 6.58. The molecule has 2 aliphatic rings. The van der Waals surface area contributed by atoms with Gasteiger partial charge in [0.25, 0.3) is 0 Å². The van der Waals surface area contributed by atoms with Gasteiger partial charge in [0.15, 0.2) is 0 Å². The van der Waals surface area contributed by atoms with Crippen LogP contribution in [0.15, 0.2) is 30.3 Å². The average Bonchev–Trinajstić information content (AvgIpc) is 3.03. The van der Waals surface area contributed by atoms with Crippen molar-refractivity contribution >= 4 is 15.9 Å². The third-order valence-corrected chi connectivity index (χ3v) is 6.25. The highest BCUT2D eigenvalue weighted by Crippen LogP contribution is 2.31. The van der Waals surface area contributed by atoms with Crippen molar-refractivity contribution in [2.75, 3.05) is 45.5 Å². The van der Waals surface area contributed by atoms with Crippen LogP contribution in [0.4, 0.5) is 0 Å². The molecule has 1 aromatic carbocycles. The molecule has 0 aromatic heterocycles. The van der Waals surface area contributed by atoms with Crippen LogP contribution in [0.2, 0.25) is 0 Å². The zero-order chi connectivity index (χ0) is 17.2. The van der Waals surface area contributed by atoms with Crippen LogP contribution < -0.4 is 0 Å². The van der Waals surface area contributed by atoms with Gasteiger partial charge in [-0.3, -0.25) is 9.69 Å². The van der Waals surface area contributed by atoms with Gasteiger partial charge >= 0.3 is 0 Å². The molecular weight excluding hydrogens is 326 g/mol. The summed E-state index contributed by atoms with van der Waals surface area (Å²) in [7, 11) is -3.16. The second-order valence-corrected chi connectivity index (χ2v) is 8.56. The number of carbonyl (C=O) groups excluding carboxylic acids is 1. The van der Waals surface area contributed by atoms with E-state index in [9.17, 15) is 13.2 Å². The normalized spacial score (nSPS) is 23.5. The van der Waals surface area contributed by atoms with Crippen LogP contribution in [-0.4, -0.2) is 74.0 Å². The fourth-order valence-corrected chi connectivity index (χ4v) is 4.44. The van der Waals surface area contributed by atoms with Crippen LogP contribution in [0.25, 0.3) is 0 Å². The van der Waals surface area contributed by atoms with Gasteiger partial charge in [-0.1, -0.05) is 30.3 Å².